The third-order valence-corrected chi connectivity index (χ3v) is 2.47. The van der Waals surface area contributed by atoms with Crippen LogP contribution in [0.1, 0.15) is 58.3 Å². The summed E-state index contributed by atoms with van der Waals surface area (Å²) < 4.78 is 0. The molecule has 0 aliphatic rings. The van der Waals surface area contributed by atoms with Crippen molar-refractivity contribution in [3.63, 3.8) is 0 Å². The number of carboxylic acid groups (broad SMARTS) is 1. The second kappa shape index (κ2) is 9.33. The molecule has 0 radical (unpaired) electrons. The van der Waals surface area contributed by atoms with Crippen molar-refractivity contribution in [2.45, 2.75) is 64.4 Å². The minimum Gasteiger partial charge on any atom is -0.481 e. The summed E-state index contributed by atoms with van der Waals surface area (Å²) in [5.74, 6) is -1.13. The van der Waals surface area contributed by atoms with Gasteiger partial charge in [-0.05, 0) is 6.42 Å². The fourth-order valence-electron chi connectivity index (χ4n) is 1.52. The molecular weight excluding hydrogens is 208 g/mol. The van der Waals surface area contributed by atoms with Gasteiger partial charge in [-0.1, -0.05) is 32.6 Å². The number of hydrogen-bond donors (Lipinski definition) is 2. The van der Waals surface area contributed by atoms with Crippen LogP contribution in [0.2, 0.25) is 0 Å². The first kappa shape index (κ1) is 15.1. The van der Waals surface area contributed by atoms with Gasteiger partial charge in [0.25, 0.3) is 0 Å². The Bertz CT molecular complexity index is 213. The minimum absolute atomic E-state index is 0.0291. The molecule has 0 aliphatic carbocycles. The lowest BCUT2D eigenvalue weighted by molar-refractivity contribution is -0.138. The van der Waals surface area contributed by atoms with Crippen LogP contribution in [0.5, 0.6) is 0 Å². The van der Waals surface area contributed by atoms with Gasteiger partial charge >= 0.3 is 5.97 Å². The summed E-state index contributed by atoms with van der Waals surface area (Å²) in [6.07, 6.45) is 4.34. The van der Waals surface area contributed by atoms with Crippen molar-refractivity contribution in [1.29, 1.82) is 0 Å². The van der Waals surface area contributed by atoms with Crippen LogP contribution in [0.15, 0.2) is 0 Å². The van der Waals surface area contributed by atoms with Crippen LogP contribution >= 0.6 is 0 Å². The monoisotopic (exact) mass is 230 g/mol. The van der Waals surface area contributed by atoms with Gasteiger partial charge in [0.15, 0.2) is 0 Å². The number of carboxylic acids is 1. The summed E-state index contributed by atoms with van der Waals surface area (Å²) in [6, 6.07) is 0. The van der Waals surface area contributed by atoms with E-state index in [0.29, 0.717) is 6.42 Å². The number of aliphatic hydroxyl groups excluding tert-OH is 1. The van der Waals surface area contributed by atoms with E-state index in [2.05, 4.69) is 6.92 Å². The van der Waals surface area contributed by atoms with Gasteiger partial charge in [0.1, 0.15) is 5.78 Å². The Morgan fingerprint density at radius 1 is 1.12 bits per heavy atom. The first-order chi connectivity index (χ1) is 7.56. The topological polar surface area (TPSA) is 74.6 Å². The molecule has 94 valence electrons. The molecule has 4 nitrogen and oxygen atoms in total. The van der Waals surface area contributed by atoms with Gasteiger partial charge in [0.2, 0.25) is 0 Å². The average Bonchev–Trinajstić information content (AvgIpc) is 2.21. The fourth-order valence-corrected chi connectivity index (χ4v) is 1.52. The average molecular weight is 230 g/mol. The maximum Gasteiger partial charge on any atom is 0.303 e. The lowest BCUT2D eigenvalue weighted by Gasteiger charge is -2.08. The van der Waals surface area contributed by atoms with E-state index in [0.717, 1.165) is 25.7 Å². The van der Waals surface area contributed by atoms with Gasteiger partial charge in [0.05, 0.1) is 12.5 Å². The lowest BCUT2D eigenvalue weighted by Crippen LogP contribution is -2.14. The van der Waals surface area contributed by atoms with Gasteiger partial charge in [0, 0.05) is 12.8 Å². The van der Waals surface area contributed by atoms with E-state index in [-0.39, 0.29) is 25.0 Å². The summed E-state index contributed by atoms with van der Waals surface area (Å²) in [5.41, 5.74) is 0. The Morgan fingerprint density at radius 2 is 1.81 bits per heavy atom. The Balaban J connectivity index is 3.50. The van der Waals surface area contributed by atoms with E-state index < -0.39 is 12.1 Å². The van der Waals surface area contributed by atoms with Gasteiger partial charge < -0.3 is 10.2 Å². The molecule has 0 aromatic carbocycles. The van der Waals surface area contributed by atoms with Crippen LogP contribution in [0.4, 0.5) is 0 Å². The second-order valence-electron chi connectivity index (χ2n) is 4.14. The summed E-state index contributed by atoms with van der Waals surface area (Å²) >= 11 is 0. The van der Waals surface area contributed by atoms with Crippen LogP contribution in [-0.4, -0.2) is 28.1 Å². The van der Waals surface area contributed by atoms with Crippen molar-refractivity contribution in [3.05, 3.63) is 0 Å². The van der Waals surface area contributed by atoms with Crippen LogP contribution in [0, 0.1) is 0 Å². The van der Waals surface area contributed by atoms with E-state index >= 15 is 0 Å². The molecule has 0 heterocycles. The van der Waals surface area contributed by atoms with Crippen LogP contribution in [0.3, 0.4) is 0 Å². The number of aliphatic carboxylic acids is 1. The zero-order valence-corrected chi connectivity index (χ0v) is 9.95. The Hall–Kier alpha value is -0.900. The number of carbonyl (C=O) groups is 2. The molecular formula is C12H22O4. The van der Waals surface area contributed by atoms with Crippen LogP contribution < -0.4 is 0 Å². The van der Waals surface area contributed by atoms with Crippen molar-refractivity contribution in [2.75, 3.05) is 0 Å². The number of ketones is 1. The first-order valence-electron chi connectivity index (χ1n) is 5.97. The zero-order chi connectivity index (χ0) is 12.4. The smallest absolute Gasteiger partial charge is 0.303 e. The maximum absolute atomic E-state index is 11.2. The number of Topliss-reactive ketones (excluding diaryl/α,β-unsaturated/α-hetero) is 1. The molecule has 0 aliphatic heterocycles. The Labute approximate surface area is 96.7 Å². The van der Waals surface area contributed by atoms with E-state index in [4.69, 9.17) is 5.11 Å². The Kier molecular flexibility index (Phi) is 8.81. The van der Waals surface area contributed by atoms with Gasteiger partial charge in [-0.3, -0.25) is 9.59 Å². The summed E-state index contributed by atoms with van der Waals surface area (Å²) in [6.45, 7) is 2.12. The van der Waals surface area contributed by atoms with E-state index in [9.17, 15) is 14.7 Å². The predicted octanol–water partition coefficient (Wildman–Crippen LogP) is 2.14. The molecule has 2 N–H and O–H groups in total. The molecule has 0 aromatic rings. The van der Waals surface area contributed by atoms with Gasteiger partial charge in [-0.15, -0.1) is 0 Å². The molecule has 0 saturated heterocycles. The first-order valence-corrected chi connectivity index (χ1v) is 5.97. The van der Waals surface area contributed by atoms with Crippen molar-refractivity contribution in [3.8, 4) is 0 Å². The summed E-state index contributed by atoms with van der Waals surface area (Å²) in [5, 5.41) is 17.9. The van der Waals surface area contributed by atoms with Crippen molar-refractivity contribution in [2.24, 2.45) is 0 Å². The normalized spacial score (nSPS) is 12.4. The summed E-state index contributed by atoms with van der Waals surface area (Å²) in [4.78, 5) is 21.4. The Morgan fingerprint density at radius 3 is 2.38 bits per heavy atom. The summed E-state index contributed by atoms with van der Waals surface area (Å²) in [7, 11) is 0. The molecule has 1 unspecified atom stereocenters. The van der Waals surface area contributed by atoms with Gasteiger partial charge in [-0.25, -0.2) is 0 Å². The van der Waals surface area contributed by atoms with Gasteiger partial charge in [-0.2, -0.15) is 0 Å². The standard InChI is InChI=1S/C12H22O4/c1-2-3-4-5-6-10(13)9-11(14)7-8-12(15)16/h10,13H,2-9H2,1H3,(H,15,16). The predicted molar refractivity (Wildman–Crippen MR) is 61.3 cm³/mol. The third kappa shape index (κ3) is 9.65. The van der Waals surface area contributed by atoms with Crippen LogP contribution in [-0.2, 0) is 9.59 Å². The maximum atomic E-state index is 11.2. The van der Waals surface area contributed by atoms with E-state index in [1.807, 2.05) is 0 Å². The minimum atomic E-state index is -0.967. The largest absolute Gasteiger partial charge is 0.481 e. The molecule has 1 atom stereocenters. The quantitative estimate of drug-likeness (QED) is 0.564. The highest BCUT2D eigenvalue weighted by Crippen LogP contribution is 2.09. The third-order valence-electron chi connectivity index (χ3n) is 2.47. The van der Waals surface area contributed by atoms with Crippen molar-refractivity contribution < 1.29 is 19.8 Å². The molecule has 0 amide bonds. The highest BCUT2D eigenvalue weighted by molar-refractivity contribution is 5.82. The molecule has 4 heteroatoms. The molecule has 0 aromatic heterocycles. The van der Waals surface area contributed by atoms with E-state index in [1.165, 1.54) is 0 Å². The second-order valence-corrected chi connectivity index (χ2v) is 4.14. The lowest BCUT2D eigenvalue weighted by atomic mass is 10.0. The van der Waals surface area contributed by atoms with Crippen molar-refractivity contribution >= 4 is 11.8 Å². The number of hydrogen-bond acceptors (Lipinski definition) is 3. The van der Waals surface area contributed by atoms with E-state index in [1.54, 1.807) is 0 Å². The number of aliphatic hydroxyl groups is 1. The highest BCUT2D eigenvalue weighted by Gasteiger charge is 2.11. The molecule has 0 fully saturated rings. The number of carbonyl (C=O) groups excluding carboxylic acids is 1. The molecule has 16 heavy (non-hydrogen) atoms. The SMILES string of the molecule is CCCCCCC(O)CC(=O)CCC(=O)O. The molecule has 0 bridgehead atoms. The molecule has 0 rings (SSSR count). The number of unbranched alkanes of at least 4 members (excludes halogenated alkanes) is 3. The fraction of sp³-hybridized carbons (Fsp3) is 0.833. The zero-order valence-electron chi connectivity index (χ0n) is 9.95. The molecule has 0 spiro atoms. The molecule has 0 saturated carbocycles. The highest BCUT2D eigenvalue weighted by atomic mass is 16.4. The van der Waals surface area contributed by atoms with Crippen molar-refractivity contribution in [1.82, 2.24) is 0 Å². The van der Waals surface area contributed by atoms with Crippen LogP contribution in [0.25, 0.3) is 0 Å². The number of rotatable bonds is 10.